The molecule has 0 radical (unpaired) electrons. The summed E-state index contributed by atoms with van der Waals surface area (Å²) in [6.07, 6.45) is 1.83. The predicted molar refractivity (Wildman–Crippen MR) is 69.1 cm³/mol. The largest absolute Gasteiger partial charge is 0.383 e. The first-order chi connectivity index (χ1) is 7.26. The van der Waals surface area contributed by atoms with Crippen molar-refractivity contribution >= 4 is 18.3 Å². The van der Waals surface area contributed by atoms with E-state index in [1.54, 1.807) is 7.11 Å². The molecule has 16 heavy (non-hydrogen) atoms. The Bertz CT molecular complexity index is 164. The van der Waals surface area contributed by atoms with E-state index in [9.17, 15) is 4.79 Å². The van der Waals surface area contributed by atoms with Gasteiger partial charge in [0, 0.05) is 32.7 Å². The van der Waals surface area contributed by atoms with Crippen LogP contribution < -0.4 is 10.6 Å². The topological polar surface area (TPSA) is 50.4 Å². The van der Waals surface area contributed by atoms with Crippen molar-refractivity contribution in [2.75, 3.05) is 33.4 Å². The summed E-state index contributed by atoms with van der Waals surface area (Å²) in [6.45, 7) is 7.13. The number of hydrogen-bond acceptors (Lipinski definition) is 3. The highest BCUT2D eigenvalue weighted by atomic mass is 35.5. The minimum atomic E-state index is 0. The highest BCUT2D eigenvalue weighted by Crippen LogP contribution is 2.06. The fourth-order valence-corrected chi connectivity index (χ4v) is 1.38. The minimum Gasteiger partial charge on any atom is -0.383 e. The number of carbonyl (C=O) groups is 1. The van der Waals surface area contributed by atoms with Crippen molar-refractivity contribution in [1.29, 1.82) is 0 Å². The molecule has 0 bridgehead atoms. The summed E-state index contributed by atoms with van der Waals surface area (Å²) in [5.74, 6) is 0.345. The predicted octanol–water partition coefficient (Wildman–Crippen LogP) is 1.20. The number of amides is 1. The van der Waals surface area contributed by atoms with E-state index >= 15 is 0 Å². The summed E-state index contributed by atoms with van der Waals surface area (Å²) in [5, 5.41) is 6.10. The van der Waals surface area contributed by atoms with Gasteiger partial charge in [-0.1, -0.05) is 13.8 Å². The third-order valence-electron chi connectivity index (χ3n) is 2.44. The van der Waals surface area contributed by atoms with E-state index in [2.05, 4.69) is 10.6 Å². The van der Waals surface area contributed by atoms with Gasteiger partial charge in [-0.15, -0.1) is 12.4 Å². The van der Waals surface area contributed by atoms with Gasteiger partial charge in [0.05, 0.1) is 6.61 Å². The molecule has 0 fully saturated rings. The quantitative estimate of drug-likeness (QED) is 0.607. The Balaban J connectivity index is 0. The Kier molecular flexibility index (Phi) is 14.4. The van der Waals surface area contributed by atoms with Gasteiger partial charge in [-0.2, -0.15) is 0 Å². The van der Waals surface area contributed by atoms with Gasteiger partial charge in [0.1, 0.15) is 0 Å². The molecule has 4 nitrogen and oxygen atoms in total. The van der Waals surface area contributed by atoms with E-state index in [-0.39, 0.29) is 24.2 Å². The lowest BCUT2D eigenvalue weighted by atomic mass is 10.0. The molecule has 0 saturated heterocycles. The fraction of sp³-hybridized carbons (Fsp3) is 0.909. The molecule has 0 unspecified atom stereocenters. The number of methoxy groups -OCH3 is 1. The number of ether oxygens (including phenoxy) is 1. The van der Waals surface area contributed by atoms with Crippen LogP contribution in [-0.2, 0) is 9.53 Å². The van der Waals surface area contributed by atoms with Crippen LogP contribution in [0.5, 0.6) is 0 Å². The molecule has 0 aliphatic carbocycles. The van der Waals surface area contributed by atoms with Crippen molar-refractivity contribution < 1.29 is 9.53 Å². The molecule has 0 atom stereocenters. The SMILES string of the molecule is CCC(CC)C(=O)NCCNCCOC.Cl. The summed E-state index contributed by atoms with van der Waals surface area (Å²) in [5.41, 5.74) is 0. The molecule has 98 valence electrons. The van der Waals surface area contributed by atoms with E-state index in [0.29, 0.717) is 13.2 Å². The second-order valence-electron chi connectivity index (χ2n) is 3.55. The van der Waals surface area contributed by atoms with E-state index in [4.69, 9.17) is 4.74 Å². The van der Waals surface area contributed by atoms with Crippen LogP contribution in [0.4, 0.5) is 0 Å². The summed E-state index contributed by atoms with van der Waals surface area (Å²) < 4.78 is 4.89. The summed E-state index contributed by atoms with van der Waals surface area (Å²) in [6, 6.07) is 0. The molecular formula is C11H25ClN2O2. The molecule has 0 rings (SSSR count). The number of nitrogens with one attached hydrogen (secondary N) is 2. The smallest absolute Gasteiger partial charge is 0.223 e. The maximum absolute atomic E-state index is 11.5. The summed E-state index contributed by atoms with van der Waals surface area (Å²) in [7, 11) is 1.68. The van der Waals surface area contributed by atoms with Crippen LogP contribution in [0.15, 0.2) is 0 Å². The first-order valence-corrected chi connectivity index (χ1v) is 5.73. The number of rotatable bonds is 9. The molecule has 0 saturated carbocycles. The molecule has 0 heterocycles. The van der Waals surface area contributed by atoms with E-state index < -0.39 is 0 Å². The first-order valence-electron chi connectivity index (χ1n) is 5.73. The van der Waals surface area contributed by atoms with Crippen LogP contribution in [0.1, 0.15) is 26.7 Å². The maximum atomic E-state index is 11.5. The van der Waals surface area contributed by atoms with Crippen LogP contribution in [0.25, 0.3) is 0 Å². The minimum absolute atomic E-state index is 0. The lowest BCUT2D eigenvalue weighted by Crippen LogP contribution is -2.36. The van der Waals surface area contributed by atoms with Gasteiger partial charge >= 0.3 is 0 Å². The standard InChI is InChI=1S/C11H24N2O2.ClH/c1-4-10(5-2)11(14)13-7-6-12-8-9-15-3;/h10,12H,4-9H2,1-3H3,(H,13,14);1H. The van der Waals surface area contributed by atoms with Crippen molar-refractivity contribution in [2.45, 2.75) is 26.7 Å². The van der Waals surface area contributed by atoms with Crippen LogP contribution in [-0.4, -0.2) is 39.3 Å². The normalized spacial score (nSPS) is 10.0. The van der Waals surface area contributed by atoms with Crippen LogP contribution in [0.2, 0.25) is 0 Å². The first kappa shape index (κ1) is 18.1. The fourth-order valence-electron chi connectivity index (χ4n) is 1.38. The van der Waals surface area contributed by atoms with Crippen LogP contribution in [0.3, 0.4) is 0 Å². The zero-order chi connectivity index (χ0) is 11.5. The third kappa shape index (κ3) is 8.95. The van der Waals surface area contributed by atoms with Gasteiger partial charge < -0.3 is 15.4 Å². The van der Waals surface area contributed by atoms with Crippen molar-refractivity contribution in [2.24, 2.45) is 5.92 Å². The lowest BCUT2D eigenvalue weighted by molar-refractivity contribution is -0.125. The molecule has 0 spiro atoms. The average Bonchev–Trinajstić information content (AvgIpc) is 2.25. The van der Waals surface area contributed by atoms with Gasteiger partial charge in [0.25, 0.3) is 0 Å². The van der Waals surface area contributed by atoms with Gasteiger partial charge in [0.15, 0.2) is 0 Å². The maximum Gasteiger partial charge on any atom is 0.223 e. The van der Waals surface area contributed by atoms with Crippen molar-refractivity contribution in [3.05, 3.63) is 0 Å². The summed E-state index contributed by atoms with van der Waals surface area (Å²) >= 11 is 0. The van der Waals surface area contributed by atoms with Crippen molar-refractivity contribution in [3.63, 3.8) is 0 Å². The Labute approximate surface area is 105 Å². The van der Waals surface area contributed by atoms with Crippen LogP contribution in [0, 0.1) is 5.92 Å². The van der Waals surface area contributed by atoms with E-state index in [1.165, 1.54) is 0 Å². The number of halogens is 1. The second-order valence-corrected chi connectivity index (χ2v) is 3.55. The van der Waals surface area contributed by atoms with Crippen molar-refractivity contribution in [1.82, 2.24) is 10.6 Å². The molecule has 2 N–H and O–H groups in total. The van der Waals surface area contributed by atoms with Gasteiger partial charge in [-0.25, -0.2) is 0 Å². The monoisotopic (exact) mass is 252 g/mol. The Hall–Kier alpha value is -0.320. The molecule has 0 aliphatic rings. The van der Waals surface area contributed by atoms with Gasteiger partial charge in [-0.05, 0) is 12.8 Å². The number of hydrogen-bond donors (Lipinski definition) is 2. The molecule has 0 aliphatic heterocycles. The second kappa shape index (κ2) is 12.7. The summed E-state index contributed by atoms with van der Waals surface area (Å²) in [4.78, 5) is 11.5. The zero-order valence-electron chi connectivity index (χ0n) is 10.5. The molecule has 0 aromatic carbocycles. The highest BCUT2D eigenvalue weighted by Gasteiger charge is 2.12. The lowest BCUT2D eigenvalue weighted by Gasteiger charge is -2.12. The molecular weight excluding hydrogens is 228 g/mol. The molecule has 0 aromatic heterocycles. The van der Waals surface area contributed by atoms with Gasteiger partial charge in [-0.3, -0.25) is 4.79 Å². The molecule has 0 aromatic rings. The Morgan fingerprint density at radius 3 is 2.31 bits per heavy atom. The van der Waals surface area contributed by atoms with Crippen LogP contribution >= 0.6 is 12.4 Å². The van der Waals surface area contributed by atoms with E-state index in [1.807, 2.05) is 13.8 Å². The van der Waals surface area contributed by atoms with E-state index in [0.717, 1.165) is 25.9 Å². The third-order valence-corrected chi connectivity index (χ3v) is 2.44. The Morgan fingerprint density at radius 2 is 1.81 bits per heavy atom. The highest BCUT2D eigenvalue weighted by molar-refractivity contribution is 5.85. The van der Waals surface area contributed by atoms with Gasteiger partial charge in [0.2, 0.25) is 5.91 Å². The van der Waals surface area contributed by atoms with Crippen molar-refractivity contribution in [3.8, 4) is 0 Å². The molecule has 1 amide bonds. The average molecular weight is 253 g/mol. The molecule has 5 heteroatoms. The zero-order valence-corrected chi connectivity index (χ0v) is 11.4. The Morgan fingerprint density at radius 1 is 1.19 bits per heavy atom. The number of carbonyl (C=O) groups excluding carboxylic acids is 1.